The van der Waals surface area contributed by atoms with Crippen LogP contribution in [0, 0.1) is 5.82 Å². The number of amides is 1. The molecule has 0 fully saturated rings. The summed E-state index contributed by atoms with van der Waals surface area (Å²) in [4.78, 5) is 39.9. The van der Waals surface area contributed by atoms with Gasteiger partial charge in [-0.2, -0.15) is 9.78 Å². The van der Waals surface area contributed by atoms with E-state index in [9.17, 15) is 18.8 Å². The molecule has 1 aromatic heterocycles. The molecule has 29 heavy (non-hydrogen) atoms. The maximum Gasteiger partial charge on any atom is 0.352 e. The largest absolute Gasteiger partial charge is 0.352 e. The van der Waals surface area contributed by atoms with Crippen molar-refractivity contribution in [3.8, 4) is 5.69 Å². The summed E-state index contributed by atoms with van der Waals surface area (Å²) < 4.78 is 15.4. The van der Waals surface area contributed by atoms with E-state index in [1.807, 2.05) is 0 Å². The lowest BCUT2D eigenvalue weighted by molar-refractivity contribution is 0.0791. The molecule has 0 radical (unpaired) electrons. The zero-order valence-corrected chi connectivity index (χ0v) is 16.6. The van der Waals surface area contributed by atoms with E-state index in [1.54, 1.807) is 31.2 Å². The Labute approximate surface area is 170 Å². The zero-order valence-electron chi connectivity index (χ0n) is 15.8. The van der Waals surface area contributed by atoms with Gasteiger partial charge in [-0.25, -0.2) is 9.18 Å². The summed E-state index contributed by atoms with van der Waals surface area (Å²) >= 11 is 6.01. The standard InChI is InChI=1S/C20H18ClFN4O3/c1-3-24(2)18(27)17-19(28)25(12-13-6-4-8-15(22)10-13)20(29)26(23-17)16-9-5-7-14(21)11-16/h4-11H,3,12H2,1-2H3. The van der Waals surface area contributed by atoms with Gasteiger partial charge in [0.25, 0.3) is 11.5 Å². The molecule has 0 saturated carbocycles. The number of hydrogen-bond acceptors (Lipinski definition) is 4. The van der Waals surface area contributed by atoms with Crippen molar-refractivity contribution < 1.29 is 9.18 Å². The van der Waals surface area contributed by atoms with Crippen LogP contribution in [0.5, 0.6) is 0 Å². The Kier molecular flexibility index (Phi) is 5.93. The van der Waals surface area contributed by atoms with Crippen LogP contribution in [0.25, 0.3) is 5.69 Å². The number of carbonyl (C=O) groups is 1. The minimum absolute atomic E-state index is 0.214. The number of carbonyl (C=O) groups excluding carboxylic acids is 1. The molecule has 150 valence electrons. The van der Waals surface area contributed by atoms with Crippen molar-refractivity contribution in [3.63, 3.8) is 0 Å². The van der Waals surface area contributed by atoms with Gasteiger partial charge in [-0.1, -0.05) is 29.8 Å². The molecule has 1 heterocycles. The first-order valence-electron chi connectivity index (χ1n) is 8.82. The summed E-state index contributed by atoms with van der Waals surface area (Å²) in [7, 11) is 1.52. The maximum absolute atomic E-state index is 13.6. The van der Waals surface area contributed by atoms with E-state index in [-0.39, 0.29) is 6.54 Å². The Morgan fingerprint density at radius 2 is 1.90 bits per heavy atom. The predicted molar refractivity (Wildman–Crippen MR) is 107 cm³/mol. The number of rotatable bonds is 5. The summed E-state index contributed by atoms with van der Waals surface area (Å²) in [6.45, 7) is 1.88. The third kappa shape index (κ3) is 4.27. The van der Waals surface area contributed by atoms with Crippen LogP contribution in [0.2, 0.25) is 5.02 Å². The van der Waals surface area contributed by atoms with Crippen LogP contribution in [0.3, 0.4) is 0 Å². The zero-order chi connectivity index (χ0) is 21.1. The average Bonchev–Trinajstić information content (AvgIpc) is 2.70. The lowest BCUT2D eigenvalue weighted by Crippen LogP contribution is -2.46. The van der Waals surface area contributed by atoms with Gasteiger partial charge in [-0.3, -0.25) is 14.2 Å². The van der Waals surface area contributed by atoms with E-state index in [0.29, 0.717) is 22.8 Å². The highest BCUT2D eigenvalue weighted by Gasteiger charge is 2.22. The van der Waals surface area contributed by atoms with Crippen LogP contribution in [0.15, 0.2) is 58.1 Å². The number of hydrogen-bond donors (Lipinski definition) is 0. The fourth-order valence-electron chi connectivity index (χ4n) is 2.71. The molecule has 7 nitrogen and oxygen atoms in total. The number of halogens is 2. The minimum Gasteiger partial charge on any atom is -0.340 e. The lowest BCUT2D eigenvalue weighted by atomic mass is 10.2. The van der Waals surface area contributed by atoms with Gasteiger partial charge in [0.05, 0.1) is 12.2 Å². The molecule has 9 heteroatoms. The Morgan fingerprint density at radius 1 is 1.17 bits per heavy atom. The van der Waals surface area contributed by atoms with E-state index in [1.165, 1.54) is 36.2 Å². The van der Waals surface area contributed by atoms with Crippen molar-refractivity contribution in [2.75, 3.05) is 13.6 Å². The van der Waals surface area contributed by atoms with Gasteiger partial charge in [0.15, 0.2) is 0 Å². The second-order valence-electron chi connectivity index (χ2n) is 6.36. The van der Waals surface area contributed by atoms with E-state index in [4.69, 9.17) is 11.6 Å². The van der Waals surface area contributed by atoms with E-state index in [2.05, 4.69) is 5.10 Å². The van der Waals surface area contributed by atoms with Gasteiger partial charge >= 0.3 is 5.69 Å². The Hall–Kier alpha value is -3.26. The highest BCUT2D eigenvalue weighted by molar-refractivity contribution is 6.30. The van der Waals surface area contributed by atoms with Gasteiger partial charge in [-0.05, 0) is 42.8 Å². The van der Waals surface area contributed by atoms with Gasteiger partial charge in [0.1, 0.15) is 5.82 Å². The van der Waals surface area contributed by atoms with Gasteiger partial charge in [0, 0.05) is 18.6 Å². The number of aromatic nitrogens is 3. The molecular formula is C20H18ClFN4O3. The molecule has 1 amide bonds. The molecule has 0 aliphatic rings. The van der Waals surface area contributed by atoms with E-state index >= 15 is 0 Å². The number of nitrogens with zero attached hydrogens (tertiary/aromatic N) is 4. The molecule has 0 N–H and O–H groups in total. The molecule has 0 aliphatic heterocycles. The monoisotopic (exact) mass is 416 g/mol. The molecule has 0 atom stereocenters. The molecule has 0 unspecified atom stereocenters. The first kappa shape index (κ1) is 20.5. The van der Waals surface area contributed by atoms with Crippen LogP contribution in [0.4, 0.5) is 4.39 Å². The second-order valence-corrected chi connectivity index (χ2v) is 6.80. The minimum atomic E-state index is -0.845. The Morgan fingerprint density at radius 3 is 2.55 bits per heavy atom. The van der Waals surface area contributed by atoms with Crippen molar-refractivity contribution in [2.24, 2.45) is 0 Å². The summed E-state index contributed by atoms with van der Waals surface area (Å²) in [6, 6.07) is 11.8. The molecule has 2 aromatic carbocycles. The highest BCUT2D eigenvalue weighted by atomic mass is 35.5. The third-order valence-corrected chi connectivity index (χ3v) is 4.60. The summed E-state index contributed by atoms with van der Waals surface area (Å²) in [5, 5.41) is 4.38. The van der Waals surface area contributed by atoms with Gasteiger partial charge in [0.2, 0.25) is 5.69 Å². The molecular weight excluding hydrogens is 399 g/mol. The van der Waals surface area contributed by atoms with Crippen molar-refractivity contribution in [1.82, 2.24) is 19.2 Å². The summed E-state index contributed by atoms with van der Waals surface area (Å²) in [6.07, 6.45) is 0. The van der Waals surface area contributed by atoms with Crippen molar-refractivity contribution in [2.45, 2.75) is 13.5 Å². The van der Waals surface area contributed by atoms with E-state index < -0.39 is 28.7 Å². The summed E-state index contributed by atoms with van der Waals surface area (Å²) in [5.74, 6) is -1.12. The molecule has 0 bridgehead atoms. The SMILES string of the molecule is CCN(C)C(=O)c1nn(-c2cccc(Cl)c2)c(=O)n(Cc2cccc(F)c2)c1=O. The topological polar surface area (TPSA) is 77.2 Å². The average molecular weight is 417 g/mol. The van der Waals surface area contributed by atoms with E-state index in [0.717, 1.165) is 9.25 Å². The fraction of sp³-hybridized carbons (Fsp3) is 0.200. The number of benzene rings is 2. The smallest absolute Gasteiger partial charge is 0.340 e. The molecule has 0 spiro atoms. The van der Waals surface area contributed by atoms with Gasteiger partial charge in [-0.15, -0.1) is 0 Å². The fourth-order valence-corrected chi connectivity index (χ4v) is 2.89. The van der Waals surface area contributed by atoms with Crippen molar-refractivity contribution in [1.29, 1.82) is 0 Å². The normalized spacial score (nSPS) is 10.8. The highest BCUT2D eigenvalue weighted by Crippen LogP contribution is 2.13. The Bertz CT molecular complexity index is 1190. The first-order valence-corrected chi connectivity index (χ1v) is 9.19. The third-order valence-electron chi connectivity index (χ3n) is 4.37. The van der Waals surface area contributed by atoms with Crippen LogP contribution in [0.1, 0.15) is 23.0 Å². The van der Waals surface area contributed by atoms with Crippen LogP contribution < -0.4 is 11.2 Å². The van der Waals surface area contributed by atoms with Crippen LogP contribution >= 0.6 is 11.6 Å². The molecule has 3 rings (SSSR count). The first-order chi connectivity index (χ1) is 13.8. The summed E-state index contributed by atoms with van der Waals surface area (Å²) in [5.41, 5.74) is -1.33. The predicted octanol–water partition coefficient (Wildman–Crippen LogP) is 2.33. The van der Waals surface area contributed by atoms with Crippen molar-refractivity contribution in [3.05, 3.63) is 91.5 Å². The maximum atomic E-state index is 13.6. The van der Waals surface area contributed by atoms with Crippen molar-refractivity contribution >= 4 is 17.5 Å². The molecule has 3 aromatic rings. The lowest BCUT2D eigenvalue weighted by Gasteiger charge is -2.16. The van der Waals surface area contributed by atoms with Crippen LogP contribution in [-0.2, 0) is 6.54 Å². The molecule has 0 saturated heterocycles. The van der Waals surface area contributed by atoms with Crippen LogP contribution in [-0.4, -0.2) is 38.7 Å². The second kappa shape index (κ2) is 8.40. The Balaban J connectivity index is 2.25. The molecule has 0 aliphatic carbocycles. The van der Waals surface area contributed by atoms with Gasteiger partial charge < -0.3 is 4.90 Å². The quantitative estimate of drug-likeness (QED) is 0.639.